The number of carbonyl (C=O) groups excluding carboxylic acids is 2. The summed E-state index contributed by atoms with van der Waals surface area (Å²) in [6.45, 7) is 2.65. The number of aromatic nitrogens is 2. The van der Waals surface area contributed by atoms with E-state index < -0.39 is 5.41 Å². The standard InChI is InChI=1S/C21H24N4O3/c1-2-5-17-21(15-6-3-4-7-16(15)22-20(21)28)12-13-25(17)19(27)11-9-14-8-10-18(26)24-23-14/h3-4,6-8,10,17H,2,5,9,11-13H2,1H3,(H,22,28)(H,24,26)/t17-,21+/m0/s1. The highest BCUT2D eigenvalue weighted by molar-refractivity contribution is 6.07. The molecule has 2 N–H and O–H groups in total. The summed E-state index contributed by atoms with van der Waals surface area (Å²) in [5, 5.41) is 9.39. The average molecular weight is 380 g/mol. The number of amides is 2. The lowest BCUT2D eigenvalue weighted by molar-refractivity contribution is -0.133. The van der Waals surface area contributed by atoms with Gasteiger partial charge in [-0.25, -0.2) is 5.10 Å². The van der Waals surface area contributed by atoms with Crippen molar-refractivity contribution in [3.05, 3.63) is 58.0 Å². The number of benzene rings is 1. The summed E-state index contributed by atoms with van der Waals surface area (Å²) < 4.78 is 0. The molecule has 146 valence electrons. The van der Waals surface area contributed by atoms with Crippen molar-refractivity contribution in [1.29, 1.82) is 0 Å². The highest BCUT2D eigenvalue weighted by Crippen LogP contribution is 2.49. The Balaban J connectivity index is 1.57. The van der Waals surface area contributed by atoms with E-state index in [0.29, 0.717) is 31.5 Å². The lowest BCUT2D eigenvalue weighted by Gasteiger charge is -2.34. The molecule has 3 heterocycles. The summed E-state index contributed by atoms with van der Waals surface area (Å²) >= 11 is 0. The van der Waals surface area contributed by atoms with Gasteiger partial charge in [0.2, 0.25) is 11.8 Å². The molecule has 2 aliphatic rings. The van der Waals surface area contributed by atoms with Gasteiger partial charge in [0.25, 0.3) is 5.56 Å². The number of fused-ring (bicyclic) bond motifs is 2. The molecule has 2 amide bonds. The summed E-state index contributed by atoms with van der Waals surface area (Å²) in [7, 11) is 0. The smallest absolute Gasteiger partial charge is 0.264 e. The number of anilines is 1. The number of hydrogen-bond donors (Lipinski definition) is 2. The van der Waals surface area contributed by atoms with Gasteiger partial charge >= 0.3 is 0 Å². The maximum atomic E-state index is 13.0. The average Bonchev–Trinajstić information content (AvgIpc) is 3.21. The van der Waals surface area contributed by atoms with Crippen LogP contribution in [0.3, 0.4) is 0 Å². The van der Waals surface area contributed by atoms with Crippen LogP contribution in [-0.4, -0.2) is 39.5 Å². The zero-order valence-corrected chi connectivity index (χ0v) is 15.9. The van der Waals surface area contributed by atoms with Gasteiger partial charge in [-0.05, 0) is 30.5 Å². The number of nitrogens with one attached hydrogen (secondary N) is 2. The molecular weight excluding hydrogens is 356 g/mol. The van der Waals surface area contributed by atoms with Gasteiger partial charge in [0.15, 0.2) is 0 Å². The van der Waals surface area contributed by atoms with Gasteiger partial charge in [0, 0.05) is 31.1 Å². The number of H-pyrrole nitrogens is 1. The van der Waals surface area contributed by atoms with Crippen LogP contribution in [0.1, 0.15) is 43.9 Å². The molecule has 0 aliphatic carbocycles. The van der Waals surface area contributed by atoms with Gasteiger partial charge in [-0.1, -0.05) is 31.5 Å². The van der Waals surface area contributed by atoms with Gasteiger partial charge in [0.1, 0.15) is 0 Å². The molecule has 1 saturated heterocycles. The predicted octanol–water partition coefficient (Wildman–Crippen LogP) is 1.99. The normalized spacial score (nSPS) is 23.1. The zero-order chi connectivity index (χ0) is 19.7. The third-order valence-corrected chi connectivity index (χ3v) is 5.97. The molecule has 28 heavy (non-hydrogen) atoms. The Kier molecular flexibility index (Phi) is 4.75. The van der Waals surface area contributed by atoms with E-state index in [2.05, 4.69) is 22.4 Å². The molecule has 0 radical (unpaired) electrons. The van der Waals surface area contributed by atoms with Crippen molar-refractivity contribution in [2.75, 3.05) is 11.9 Å². The minimum absolute atomic E-state index is 0.00440. The van der Waals surface area contributed by atoms with Gasteiger partial charge in [-0.2, -0.15) is 5.10 Å². The van der Waals surface area contributed by atoms with Crippen LogP contribution < -0.4 is 10.9 Å². The third kappa shape index (κ3) is 2.91. The molecule has 1 aromatic heterocycles. The molecule has 1 spiro atoms. The summed E-state index contributed by atoms with van der Waals surface area (Å²) in [6.07, 6.45) is 3.08. The number of rotatable bonds is 5. The van der Waals surface area contributed by atoms with E-state index in [1.807, 2.05) is 29.2 Å². The monoisotopic (exact) mass is 380 g/mol. The van der Waals surface area contributed by atoms with E-state index in [0.717, 1.165) is 24.1 Å². The van der Waals surface area contributed by atoms with E-state index >= 15 is 0 Å². The second-order valence-corrected chi connectivity index (χ2v) is 7.53. The Hall–Kier alpha value is -2.96. The second-order valence-electron chi connectivity index (χ2n) is 7.53. The van der Waals surface area contributed by atoms with Gasteiger partial charge in [-0.3, -0.25) is 14.4 Å². The largest absolute Gasteiger partial charge is 0.338 e. The van der Waals surface area contributed by atoms with E-state index in [-0.39, 0.29) is 23.4 Å². The van der Waals surface area contributed by atoms with Crippen LogP contribution in [0.5, 0.6) is 0 Å². The fourth-order valence-corrected chi connectivity index (χ4v) is 4.67. The summed E-state index contributed by atoms with van der Waals surface area (Å²) in [5.74, 6) is 0.0326. The zero-order valence-electron chi connectivity index (χ0n) is 15.9. The van der Waals surface area contributed by atoms with Crippen molar-refractivity contribution in [2.45, 2.75) is 50.5 Å². The molecule has 2 aromatic rings. The minimum Gasteiger partial charge on any atom is -0.338 e. The Labute approximate surface area is 163 Å². The van der Waals surface area contributed by atoms with Crippen LogP contribution in [0, 0.1) is 0 Å². The number of likely N-dealkylation sites (tertiary alicyclic amines) is 1. The van der Waals surface area contributed by atoms with Crippen molar-refractivity contribution < 1.29 is 9.59 Å². The highest BCUT2D eigenvalue weighted by Gasteiger charge is 2.58. The maximum absolute atomic E-state index is 13.0. The fourth-order valence-electron chi connectivity index (χ4n) is 4.67. The van der Waals surface area contributed by atoms with Crippen LogP contribution in [0.2, 0.25) is 0 Å². The number of carbonyl (C=O) groups is 2. The minimum atomic E-state index is -0.654. The van der Waals surface area contributed by atoms with Crippen molar-refractivity contribution in [1.82, 2.24) is 15.1 Å². The molecule has 1 fully saturated rings. The predicted molar refractivity (Wildman–Crippen MR) is 105 cm³/mol. The lowest BCUT2D eigenvalue weighted by atomic mass is 9.73. The fraction of sp³-hybridized carbons (Fsp3) is 0.429. The molecule has 0 unspecified atom stereocenters. The first-order valence-electron chi connectivity index (χ1n) is 9.81. The molecular formula is C21H24N4O3. The maximum Gasteiger partial charge on any atom is 0.264 e. The van der Waals surface area contributed by atoms with Gasteiger partial charge in [0.05, 0.1) is 17.2 Å². The quantitative estimate of drug-likeness (QED) is 0.829. The first-order valence-corrected chi connectivity index (χ1v) is 9.81. The first kappa shape index (κ1) is 18.4. The van der Waals surface area contributed by atoms with Crippen LogP contribution in [0.25, 0.3) is 0 Å². The van der Waals surface area contributed by atoms with Crippen molar-refractivity contribution in [2.24, 2.45) is 0 Å². The van der Waals surface area contributed by atoms with E-state index in [1.165, 1.54) is 6.07 Å². The summed E-state index contributed by atoms with van der Waals surface area (Å²) in [4.78, 5) is 39.1. The van der Waals surface area contributed by atoms with Crippen LogP contribution in [-0.2, 0) is 21.4 Å². The SMILES string of the molecule is CCC[C@@H]1N(C(=O)CCc2ccc(=O)[nH]n2)CC[C@]12C(=O)Nc1ccccc12. The molecule has 7 nitrogen and oxygen atoms in total. The Morgan fingerprint density at radius 1 is 1.25 bits per heavy atom. The molecule has 2 atom stereocenters. The molecule has 0 bridgehead atoms. The van der Waals surface area contributed by atoms with Crippen LogP contribution in [0.15, 0.2) is 41.2 Å². The van der Waals surface area contributed by atoms with E-state index in [9.17, 15) is 14.4 Å². The van der Waals surface area contributed by atoms with E-state index in [1.54, 1.807) is 6.07 Å². The molecule has 0 saturated carbocycles. The Bertz CT molecular complexity index is 950. The van der Waals surface area contributed by atoms with Crippen molar-refractivity contribution in [3.63, 3.8) is 0 Å². The number of aromatic amines is 1. The van der Waals surface area contributed by atoms with Crippen molar-refractivity contribution >= 4 is 17.5 Å². The van der Waals surface area contributed by atoms with Crippen molar-refractivity contribution in [3.8, 4) is 0 Å². The number of nitrogens with zero attached hydrogens (tertiary/aromatic N) is 2. The summed E-state index contributed by atoms with van der Waals surface area (Å²) in [6, 6.07) is 10.7. The second kappa shape index (κ2) is 7.22. The Morgan fingerprint density at radius 3 is 2.82 bits per heavy atom. The molecule has 4 rings (SSSR count). The number of hydrogen-bond acceptors (Lipinski definition) is 4. The van der Waals surface area contributed by atoms with Gasteiger partial charge in [-0.15, -0.1) is 0 Å². The highest BCUT2D eigenvalue weighted by atomic mass is 16.2. The number of aryl methyl sites for hydroxylation is 1. The summed E-state index contributed by atoms with van der Waals surface area (Å²) in [5.41, 5.74) is 1.64. The Morgan fingerprint density at radius 2 is 2.07 bits per heavy atom. The van der Waals surface area contributed by atoms with E-state index in [4.69, 9.17) is 0 Å². The molecule has 1 aromatic carbocycles. The molecule has 2 aliphatic heterocycles. The lowest BCUT2D eigenvalue weighted by Crippen LogP contribution is -2.48. The molecule has 7 heteroatoms. The van der Waals surface area contributed by atoms with Crippen LogP contribution >= 0.6 is 0 Å². The first-order chi connectivity index (χ1) is 13.6. The number of para-hydroxylation sites is 1. The van der Waals surface area contributed by atoms with Crippen LogP contribution in [0.4, 0.5) is 5.69 Å². The van der Waals surface area contributed by atoms with Gasteiger partial charge < -0.3 is 10.2 Å². The topological polar surface area (TPSA) is 95.2 Å². The third-order valence-electron chi connectivity index (χ3n) is 5.97.